The van der Waals surface area contributed by atoms with Gasteiger partial charge in [0.15, 0.2) is 0 Å². The average molecular weight is 225 g/mol. The quantitative estimate of drug-likeness (QED) is 0.448. The zero-order valence-electron chi connectivity index (χ0n) is 4.72. The molecule has 1 aliphatic rings. The molecule has 1 fully saturated rings. The number of amides is 1. The Bertz CT molecular complexity index is 103. The van der Waals surface area contributed by atoms with E-state index in [1.807, 2.05) is 6.92 Å². The molecule has 1 rings (SSSR count). The van der Waals surface area contributed by atoms with Crippen LogP contribution in [0.3, 0.4) is 0 Å². The molecule has 1 saturated heterocycles. The lowest BCUT2D eigenvalue weighted by molar-refractivity contribution is -0.125. The van der Waals surface area contributed by atoms with Gasteiger partial charge >= 0.3 is 0 Å². The van der Waals surface area contributed by atoms with Crippen LogP contribution >= 0.6 is 22.9 Å². The first-order valence-electron chi connectivity index (χ1n) is 2.69. The fraction of sp³-hybridized carbons (Fsp3) is 0.800. The number of rotatable bonds is 0. The second-order valence-corrected chi connectivity index (χ2v) is 3.28. The molecule has 0 aromatic carbocycles. The van der Waals surface area contributed by atoms with Gasteiger partial charge in [0.1, 0.15) is 0 Å². The van der Waals surface area contributed by atoms with E-state index >= 15 is 0 Å². The number of nitrogens with zero attached hydrogens (tertiary/aromatic N) is 1. The number of carbonyl (C=O) groups is 1. The van der Waals surface area contributed by atoms with Crippen LogP contribution < -0.4 is 0 Å². The Hall–Kier alpha value is 0.200. The van der Waals surface area contributed by atoms with Gasteiger partial charge in [-0.2, -0.15) is 0 Å². The Labute approximate surface area is 62.7 Å². The lowest BCUT2D eigenvalue weighted by Gasteiger charge is -2.01. The standard InChI is InChI=1S/C5H8INO/c1-4-2-3-7(6)5(4)8/h4H,2-3H2,1H3. The van der Waals surface area contributed by atoms with E-state index in [0.29, 0.717) is 0 Å². The summed E-state index contributed by atoms with van der Waals surface area (Å²) in [6.07, 6.45) is 1.03. The minimum atomic E-state index is 0.270. The molecule has 2 nitrogen and oxygen atoms in total. The third kappa shape index (κ3) is 0.962. The molecule has 0 aromatic heterocycles. The van der Waals surface area contributed by atoms with Crippen molar-refractivity contribution in [2.45, 2.75) is 13.3 Å². The van der Waals surface area contributed by atoms with Crippen molar-refractivity contribution in [3.63, 3.8) is 0 Å². The molecule has 8 heavy (non-hydrogen) atoms. The third-order valence-electron chi connectivity index (χ3n) is 1.42. The summed E-state index contributed by atoms with van der Waals surface area (Å²) in [6.45, 7) is 2.90. The number of hydrogen-bond donors (Lipinski definition) is 0. The van der Waals surface area contributed by atoms with Crippen LogP contribution in [0.1, 0.15) is 13.3 Å². The molecule has 0 spiro atoms. The van der Waals surface area contributed by atoms with Crippen molar-refractivity contribution in [1.82, 2.24) is 3.11 Å². The molecule has 3 heteroatoms. The maximum absolute atomic E-state index is 10.8. The van der Waals surface area contributed by atoms with E-state index in [9.17, 15) is 4.79 Å². The second kappa shape index (κ2) is 2.21. The zero-order valence-corrected chi connectivity index (χ0v) is 6.88. The normalized spacial score (nSPS) is 29.5. The molecule has 1 amide bonds. The van der Waals surface area contributed by atoms with Gasteiger partial charge in [-0.25, -0.2) is 0 Å². The molecule has 0 aliphatic carbocycles. The van der Waals surface area contributed by atoms with Crippen LogP contribution in [0.2, 0.25) is 0 Å². The van der Waals surface area contributed by atoms with Gasteiger partial charge in [0.05, 0.1) is 22.9 Å². The number of carbonyl (C=O) groups excluding carboxylic acids is 1. The summed E-state index contributed by atoms with van der Waals surface area (Å²) >= 11 is 2.06. The fourth-order valence-electron chi connectivity index (χ4n) is 0.780. The van der Waals surface area contributed by atoms with E-state index in [-0.39, 0.29) is 11.8 Å². The van der Waals surface area contributed by atoms with Crippen LogP contribution in [0.5, 0.6) is 0 Å². The lowest BCUT2D eigenvalue weighted by Crippen LogP contribution is -2.14. The van der Waals surface area contributed by atoms with Crippen molar-refractivity contribution in [1.29, 1.82) is 0 Å². The Kier molecular flexibility index (Phi) is 1.74. The molecular weight excluding hydrogens is 217 g/mol. The van der Waals surface area contributed by atoms with Crippen molar-refractivity contribution >= 4 is 28.8 Å². The first-order valence-corrected chi connectivity index (χ1v) is 3.65. The Morgan fingerprint density at radius 1 is 1.88 bits per heavy atom. The van der Waals surface area contributed by atoms with Gasteiger partial charge in [-0.3, -0.25) is 7.91 Å². The Morgan fingerprint density at radius 3 is 2.62 bits per heavy atom. The van der Waals surface area contributed by atoms with Gasteiger partial charge in [0.25, 0.3) is 0 Å². The molecule has 46 valence electrons. The highest BCUT2D eigenvalue weighted by Crippen LogP contribution is 2.19. The predicted octanol–water partition coefficient (Wildman–Crippen LogP) is 1.20. The molecule has 0 radical (unpaired) electrons. The van der Waals surface area contributed by atoms with Crippen LogP contribution in [-0.4, -0.2) is 15.6 Å². The van der Waals surface area contributed by atoms with Crippen molar-refractivity contribution < 1.29 is 4.79 Å². The first-order chi connectivity index (χ1) is 3.72. The maximum Gasteiger partial charge on any atom is 0.234 e. The van der Waals surface area contributed by atoms with E-state index in [2.05, 4.69) is 22.9 Å². The second-order valence-electron chi connectivity index (χ2n) is 2.11. The fourth-order valence-corrected chi connectivity index (χ4v) is 1.53. The van der Waals surface area contributed by atoms with E-state index in [4.69, 9.17) is 0 Å². The summed E-state index contributed by atoms with van der Waals surface area (Å²) in [4.78, 5) is 10.8. The van der Waals surface area contributed by atoms with Gasteiger partial charge < -0.3 is 0 Å². The Balaban J connectivity index is 2.57. The van der Waals surface area contributed by atoms with Gasteiger partial charge in [-0.15, -0.1) is 0 Å². The average Bonchev–Trinajstić information content (AvgIpc) is 1.98. The van der Waals surface area contributed by atoms with Gasteiger partial charge in [0, 0.05) is 12.5 Å². The number of halogens is 1. The summed E-state index contributed by atoms with van der Waals surface area (Å²) in [5.74, 6) is 0.553. The molecule has 0 N–H and O–H groups in total. The molecular formula is C5H8INO. The molecule has 0 bridgehead atoms. The van der Waals surface area contributed by atoms with Crippen LogP contribution in [0.4, 0.5) is 0 Å². The van der Waals surface area contributed by atoms with Crippen LogP contribution in [0.25, 0.3) is 0 Å². The van der Waals surface area contributed by atoms with Crippen molar-refractivity contribution in [2.75, 3.05) is 6.54 Å². The summed E-state index contributed by atoms with van der Waals surface area (Å²) in [5.41, 5.74) is 0. The topological polar surface area (TPSA) is 20.3 Å². The van der Waals surface area contributed by atoms with Crippen molar-refractivity contribution in [2.24, 2.45) is 5.92 Å². The molecule has 1 unspecified atom stereocenters. The molecule has 0 saturated carbocycles. The zero-order chi connectivity index (χ0) is 6.15. The largest absolute Gasteiger partial charge is 0.285 e. The van der Waals surface area contributed by atoms with Gasteiger partial charge in [-0.05, 0) is 6.42 Å². The highest BCUT2D eigenvalue weighted by Gasteiger charge is 2.25. The SMILES string of the molecule is CC1CCN(I)C1=O. The number of hydrogen-bond acceptors (Lipinski definition) is 1. The van der Waals surface area contributed by atoms with Crippen molar-refractivity contribution in [3.05, 3.63) is 0 Å². The smallest absolute Gasteiger partial charge is 0.234 e. The van der Waals surface area contributed by atoms with Gasteiger partial charge in [0.2, 0.25) is 5.91 Å². The summed E-state index contributed by atoms with van der Waals surface area (Å²) < 4.78 is 1.75. The summed E-state index contributed by atoms with van der Waals surface area (Å²) in [6, 6.07) is 0. The van der Waals surface area contributed by atoms with E-state index in [1.165, 1.54) is 0 Å². The van der Waals surface area contributed by atoms with Gasteiger partial charge in [-0.1, -0.05) is 6.92 Å². The van der Waals surface area contributed by atoms with Crippen LogP contribution in [0, 0.1) is 5.92 Å². The summed E-state index contributed by atoms with van der Waals surface area (Å²) in [5, 5.41) is 0. The molecule has 1 atom stereocenters. The molecule has 1 aliphatic heterocycles. The van der Waals surface area contributed by atoms with Crippen LogP contribution in [0.15, 0.2) is 0 Å². The first kappa shape index (κ1) is 6.32. The molecule has 1 heterocycles. The monoisotopic (exact) mass is 225 g/mol. The predicted molar refractivity (Wildman–Crippen MR) is 39.5 cm³/mol. The van der Waals surface area contributed by atoms with E-state index < -0.39 is 0 Å². The van der Waals surface area contributed by atoms with E-state index in [1.54, 1.807) is 3.11 Å². The maximum atomic E-state index is 10.8. The highest BCUT2D eigenvalue weighted by molar-refractivity contribution is 14.1. The highest BCUT2D eigenvalue weighted by atomic mass is 127. The van der Waals surface area contributed by atoms with Crippen molar-refractivity contribution in [3.8, 4) is 0 Å². The molecule has 0 aromatic rings. The third-order valence-corrected chi connectivity index (χ3v) is 2.38. The van der Waals surface area contributed by atoms with E-state index in [0.717, 1.165) is 13.0 Å². The summed E-state index contributed by atoms with van der Waals surface area (Å²) in [7, 11) is 0. The Morgan fingerprint density at radius 2 is 2.50 bits per heavy atom. The lowest BCUT2D eigenvalue weighted by atomic mass is 10.1. The minimum absolute atomic E-state index is 0.270. The minimum Gasteiger partial charge on any atom is -0.285 e. The van der Waals surface area contributed by atoms with Crippen LogP contribution in [-0.2, 0) is 4.79 Å².